The Balaban J connectivity index is 0.00000288. The van der Waals surface area contributed by atoms with E-state index in [9.17, 15) is 0 Å². The summed E-state index contributed by atoms with van der Waals surface area (Å²) in [6.07, 6.45) is 0.894. The van der Waals surface area contributed by atoms with E-state index >= 15 is 0 Å². The molecule has 1 aromatic carbocycles. The van der Waals surface area contributed by atoms with Gasteiger partial charge in [0.1, 0.15) is 5.75 Å². The summed E-state index contributed by atoms with van der Waals surface area (Å²) in [6.45, 7) is 3.91. The quantitative estimate of drug-likeness (QED) is 0.375. The smallest absolute Gasteiger partial charge is 0.191 e. The van der Waals surface area contributed by atoms with Crippen molar-refractivity contribution in [1.29, 1.82) is 0 Å². The van der Waals surface area contributed by atoms with Gasteiger partial charge in [0.05, 0.1) is 7.11 Å². The summed E-state index contributed by atoms with van der Waals surface area (Å²) in [7, 11) is 3.51. The van der Waals surface area contributed by atoms with Gasteiger partial charge < -0.3 is 15.4 Å². The van der Waals surface area contributed by atoms with Crippen LogP contribution in [0.2, 0.25) is 0 Å². The van der Waals surface area contributed by atoms with Gasteiger partial charge in [0, 0.05) is 30.9 Å². The van der Waals surface area contributed by atoms with Crippen LogP contribution < -0.4 is 15.4 Å². The maximum atomic E-state index is 5.38. The van der Waals surface area contributed by atoms with E-state index < -0.39 is 0 Å². The largest absolute Gasteiger partial charge is 0.496 e. The third kappa shape index (κ3) is 6.32. The van der Waals surface area contributed by atoms with E-state index in [0.717, 1.165) is 31.2 Å². The minimum atomic E-state index is 0. The number of benzene rings is 1. The zero-order chi connectivity index (χ0) is 16.5. The standard InChI is InChI=1S/C18H25N3OS.HI/c1-14(17-9-6-12-23-17)13-21-18(19-2)20-11-10-15-7-4-5-8-16(15)22-3;/h4-9,12,14H,10-11,13H2,1-3H3,(H2,19,20,21);1H. The maximum absolute atomic E-state index is 5.38. The molecule has 0 bridgehead atoms. The average molecular weight is 459 g/mol. The lowest BCUT2D eigenvalue weighted by Crippen LogP contribution is -2.39. The zero-order valence-electron chi connectivity index (χ0n) is 14.4. The van der Waals surface area contributed by atoms with Gasteiger partial charge >= 0.3 is 0 Å². The fraction of sp³-hybridized carbons (Fsp3) is 0.389. The van der Waals surface area contributed by atoms with Crippen molar-refractivity contribution in [3.05, 3.63) is 52.2 Å². The Morgan fingerprint density at radius 1 is 1.21 bits per heavy atom. The first-order chi connectivity index (χ1) is 11.2. The Hall–Kier alpha value is -1.28. The molecule has 0 radical (unpaired) electrons. The molecule has 0 fully saturated rings. The molecule has 2 N–H and O–H groups in total. The fourth-order valence-electron chi connectivity index (χ4n) is 2.37. The number of methoxy groups -OCH3 is 1. The number of para-hydroxylation sites is 1. The van der Waals surface area contributed by atoms with E-state index in [4.69, 9.17) is 4.74 Å². The lowest BCUT2D eigenvalue weighted by atomic mass is 10.1. The third-order valence-electron chi connectivity index (χ3n) is 3.71. The lowest BCUT2D eigenvalue weighted by molar-refractivity contribution is 0.409. The zero-order valence-corrected chi connectivity index (χ0v) is 17.6. The van der Waals surface area contributed by atoms with Crippen LogP contribution in [0.5, 0.6) is 5.75 Å². The molecule has 1 aromatic heterocycles. The first-order valence-electron chi connectivity index (χ1n) is 7.84. The Kier molecular flexibility index (Phi) is 9.78. The van der Waals surface area contributed by atoms with Crippen LogP contribution in [0.4, 0.5) is 0 Å². The minimum Gasteiger partial charge on any atom is -0.496 e. The first kappa shape index (κ1) is 20.8. The van der Waals surface area contributed by atoms with Crippen LogP contribution in [0, 0.1) is 0 Å². The maximum Gasteiger partial charge on any atom is 0.191 e. The highest BCUT2D eigenvalue weighted by Gasteiger charge is 2.07. The molecule has 132 valence electrons. The van der Waals surface area contributed by atoms with Crippen molar-refractivity contribution in [2.75, 3.05) is 27.2 Å². The highest BCUT2D eigenvalue weighted by atomic mass is 127. The van der Waals surface area contributed by atoms with Crippen molar-refractivity contribution in [1.82, 2.24) is 10.6 Å². The highest BCUT2D eigenvalue weighted by molar-refractivity contribution is 14.0. The van der Waals surface area contributed by atoms with Crippen LogP contribution in [0.15, 0.2) is 46.8 Å². The number of hydrogen-bond acceptors (Lipinski definition) is 3. The van der Waals surface area contributed by atoms with E-state index in [1.807, 2.05) is 18.2 Å². The van der Waals surface area contributed by atoms with E-state index in [0.29, 0.717) is 5.92 Å². The van der Waals surface area contributed by atoms with Crippen molar-refractivity contribution in [3.63, 3.8) is 0 Å². The third-order valence-corrected chi connectivity index (χ3v) is 4.81. The van der Waals surface area contributed by atoms with Crippen molar-refractivity contribution in [2.45, 2.75) is 19.3 Å². The van der Waals surface area contributed by atoms with E-state index in [2.05, 4.69) is 46.1 Å². The second-order valence-corrected chi connectivity index (χ2v) is 6.34. The van der Waals surface area contributed by atoms with Crippen molar-refractivity contribution in [3.8, 4) is 5.75 Å². The molecule has 0 amide bonds. The molecule has 1 heterocycles. The minimum absolute atomic E-state index is 0. The molecule has 0 saturated carbocycles. The number of nitrogens with one attached hydrogen (secondary N) is 2. The summed E-state index contributed by atoms with van der Waals surface area (Å²) in [6, 6.07) is 12.4. The average Bonchev–Trinajstić information content (AvgIpc) is 3.12. The van der Waals surface area contributed by atoms with Gasteiger partial charge in [0.15, 0.2) is 5.96 Å². The van der Waals surface area contributed by atoms with Crippen molar-refractivity contribution >= 4 is 41.3 Å². The van der Waals surface area contributed by atoms with Gasteiger partial charge in [-0.3, -0.25) is 4.99 Å². The fourth-order valence-corrected chi connectivity index (χ4v) is 3.15. The molecular formula is C18H26IN3OS. The normalized spacial score (nSPS) is 12.2. The van der Waals surface area contributed by atoms with Crippen molar-refractivity contribution < 1.29 is 4.74 Å². The molecule has 0 spiro atoms. The highest BCUT2D eigenvalue weighted by Crippen LogP contribution is 2.19. The van der Waals surface area contributed by atoms with Crippen LogP contribution in [-0.2, 0) is 6.42 Å². The SMILES string of the molecule is CN=C(NCCc1ccccc1OC)NCC(C)c1cccs1.I. The molecule has 2 rings (SSSR count). The van der Waals surface area contributed by atoms with E-state index in [-0.39, 0.29) is 24.0 Å². The topological polar surface area (TPSA) is 45.7 Å². The Labute approximate surface area is 165 Å². The molecule has 6 heteroatoms. The number of nitrogens with zero attached hydrogens (tertiary/aromatic N) is 1. The number of ether oxygens (including phenoxy) is 1. The predicted octanol–water partition coefficient (Wildman–Crippen LogP) is 3.89. The summed E-state index contributed by atoms with van der Waals surface area (Å²) in [5.74, 6) is 2.25. The number of halogens is 1. The van der Waals surface area contributed by atoms with Gasteiger partial charge in [-0.1, -0.05) is 31.2 Å². The van der Waals surface area contributed by atoms with E-state index in [1.165, 1.54) is 10.4 Å². The van der Waals surface area contributed by atoms with Gasteiger partial charge in [0.2, 0.25) is 0 Å². The molecular weight excluding hydrogens is 433 g/mol. The van der Waals surface area contributed by atoms with Gasteiger partial charge in [-0.15, -0.1) is 35.3 Å². The molecule has 2 aromatic rings. The number of hydrogen-bond donors (Lipinski definition) is 2. The Morgan fingerprint density at radius 2 is 2.00 bits per heavy atom. The summed E-state index contributed by atoms with van der Waals surface area (Å²) in [5, 5.41) is 8.86. The molecule has 24 heavy (non-hydrogen) atoms. The number of guanidine groups is 1. The summed E-state index contributed by atoms with van der Waals surface area (Å²) < 4.78 is 5.38. The molecule has 0 aliphatic carbocycles. The number of thiophene rings is 1. The molecule has 4 nitrogen and oxygen atoms in total. The van der Waals surface area contributed by atoms with Crippen molar-refractivity contribution in [2.24, 2.45) is 4.99 Å². The number of aliphatic imine (C=N–C) groups is 1. The van der Waals surface area contributed by atoms with Gasteiger partial charge in [-0.2, -0.15) is 0 Å². The van der Waals surface area contributed by atoms with Crippen LogP contribution in [-0.4, -0.2) is 33.2 Å². The van der Waals surface area contributed by atoms with Crippen LogP contribution in [0.1, 0.15) is 23.3 Å². The van der Waals surface area contributed by atoms with E-state index in [1.54, 1.807) is 25.5 Å². The first-order valence-corrected chi connectivity index (χ1v) is 8.72. The monoisotopic (exact) mass is 459 g/mol. The predicted molar refractivity (Wildman–Crippen MR) is 114 cm³/mol. The molecule has 0 saturated heterocycles. The molecule has 1 unspecified atom stereocenters. The number of rotatable bonds is 7. The molecule has 0 aliphatic heterocycles. The summed E-state index contributed by atoms with van der Waals surface area (Å²) >= 11 is 1.80. The summed E-state index contributed by atoms with van der Waals surface area (Å²) in [5.41, 5.74) is 1.20. The molecule has 0 aliphatic rings. The lowest BCUT2D eigenvalue weighted by Gasteiger charge is -2.15. The van der Waals surface area contributed by atoms with Gasteiger partial charge in [-0.05, 0) is 29.5 Å². The molecule has 1 atom stereocenters. The van der Waals surface area contributed by atoms with Crippen LogP contribution in [0.25, 0.3) is 0 Å². The summed E-state index contributed by atoms with van der Waals surface area (Å²) in [4.78, 5) is 5.67. The Bertz CT molecular complexity index is 616. The van der Waals surface area contributed by atoms with Gasteiger partial charge in [-0.25, -0.2) is 0 Å². The van der Waals surface area contributed by atoms with Crippen LogP contribution in [0.3, 0.4) is 0 Å². The Morgan fingerprint density at radius 3 is 2.67 bits per heavy atom. The van der Waals surface area contributed by atoms with Crippen LogP contribution >= 0.6 is 35.3 Å². The van der Waals surface area contributed by atoms with Gasteiger partial charge in [0.25, 0.3) is 0 Å². The second-order valence-electron chi connectivity index (χ2n) is 5.36. The second kappa shape index (κ2) is 11.3.